The lowest BCUT2D eigenvalue weighted by molar-refractivity contribution is -0.113. The van der Waals surface area contributed by atoms with E-state index in [2.05, 4.69) is 5.32 Å². The molecule has 0 saturated carbocycles. The molecule has 3 amide bonds. The summed E-state index contributed by atoms with van der Waals surface area (Å²) in [7, 11) is 1.52. The topological polar surface area (TPSA) is 75.7 Å². The maximum absolute atomic E-state index is 12.3. The number of halogens is 1. The van der Waals surface area contributed by atoms with Crippen LogP contribution in [0.3, 0.4) is 0 Å². The number of aryl methyl sites for hydroxylation is 1. The van der Waals surface area contributed by atoms with Crippen molar-refractivity contribution in [2.45, 2.75) is 13.3 Å². The summed E-state index contributed by atoms with van der Waals surface area (Å²) in [6, 6.07) is 10.3. The Balaban J connectivity index is 1.44. The molecule has 3 rings (SSSR count). The maximum atomic E-state index is 12.3. The highest BCUT2D eigenvalue weighted by Crippen LogP contribution is 2.31. The first-order valence-corrected chi connectivity index (χ1v) is 10.6. The summed E-state index contributed by atoms with van der Waals surface area (Å²) in [6.07, 6.45) is 0.618. The number of benzene rings is 2. The van der Waals surface area contributed by atoms with Crippen molar-refractivity contribution in [3.8, 4) is 5.75 Å². The van der Waals surface area contributed by atoms with Gasteiger partial charge in [0.25, 0.3) is 11.8 Å². The Hall–Kier alpha value is -2.51. The van der Waals surface area contributed by atoms with Gasteiger partial charge in [-0.2, -0.15) is 11.8 Å². The standard InChI is InChI=1S/C21H21ClN2O4S/c1-13-10-17(18(28-2)11-16(13)22)23-19(25)12-29-9-5-8-24-20(26)14-6-3-4-7-15(14)21(24)27/h3-4,6-7,10-11H,5,8-9,12H2,1-2H3,(H,23,25). The number of nitrogens with one attached hydrogen (secondary N) is 1. The average molecular weight is 433 g/mol. The summed E-state index contributed by atoms with van der Waals surface area (Å²) in [6.45, 7) is 2.19. The van der Waals surface area contributed by atoms with Gasteiger partial charge in [0, 0.05) is 17.6 Å². The van der Waals surface area contributed by atoms with Gasteiger partial charge in [0.15, 0.2) is 0 Å². The van der Waals surface area contributed by atoms with E-state index < -0.39 is 0 Å². The van der Waals surface area contributed by atoms with E-state index >= 15 is 0 Å². The highest BCUT2D eigenvalue weighted by Gasteiger charge is 2.34. The number of carbonyl (C=O) groups excluding carboxylic acids is 3. The van der Waals surface area contributed by atoms with Gasteiger partial charge in [0.2, 0.25) is 5.91 Å². The first kappa shape index (κ1) is 21.2. The van der Waals surface area contributed by atoms with E-state index in [9.17, 15) is 14.4 Å². The number of fused-ring (bicyclic) bond motifs is 1. The van der Waals surface area contributed by atoms with Crippen molar-refractivity contribution in [3.05, 3.63) is 58.1 Å². The zero-order valence-electron chi connectivity index (χ0n) is 16.2. The number of amides is 3. The highest BCUT2D eigenvalue weighted by molar-refractivity contribution is 7.99. The second kappa shape index (κ2) is 9.33. The van der Waals surface area contributed by atoms with E-state index in [4.69, 9.17) is 16.3 Å². The number of anilines is 1. The average Bonchev–Trinajstić information content (AvgIpc) is 2.95. The molecular formula is C21H21ClN2O4S. The van der Waals surface area contributed by atoms with Crippen molar-refractivity contribution in [1.82, 2.24) is 4.90 Å². The molecule has 1 N–H and O–H groups in total. The van der Waals surface area contributed by atoms with E-state index in [1.54, 1.807) is 36.4 Å². The van der Waals surface area contributed by atoms with Crippen molar-refractivity contribution < 1.29 is 19.1 Å². The summed E-state index contributed by atoms with van der Waals surface area (Å²) in [5.41, 5.74) is 2.33. The van der Waals surface area contributed by atoms with Gasteiger partial charge < -0.3 is 10.1 Å². The summed E-state index contributed by atoms with van der Waals surface area (Å²) in [5, 5.41) is 3.40. The second-order valence-corrected chi connectivity index (χ2v) is 8.08. The predicted octanol–water partition coefficient (Wildman–Crippen LogP) is 4.02. The lowest BCUT2D eigenvalue weighted by Crippen LogP contribution is -2.31. The van der Waals surface area contributed by atoms with Crippen LogP contribution in [0.25, 0.3) is 0 Å². The molecule has 0 unspecified atom stereocenters. The fourth-order valence-corrected chi connectivity index (χ4v) is 3.94. The number of nitrogens with zero attached hydrogens (tertiary/aromatic N) is 1. The summed E-state index contributed by atoms with van der Waals surface area (Å²) in [4.78, 5) is 38.1. The Kier molecular flexibility index (Phi) is 6.82. The normalized spacial score (nSPS) is 12.9. The number of hydrogen-bond acceptors (Lipinski definition) is 5. The number of imide groups is 1. The predicted molar refractivity (Wildman–Crippen MR) is 115 cm³/mol. The molecule has 1 aliphatic heterocycles. The number of ether oxygens (including phenoxy) is 1. The van der Waals surface area contributed by atoms with Gasteiger partial charge in [-0.15, -0.1) is 0 Å². The summed E-state index contributed by atoms with van der Waals surface area (Å²) < 4.78 is 5.25. The fraction of sp³-hybridized carbons (Fsp3) is 0.286. The smallest absolute Gasteiger partial charge is 0.261 e. The van der Waals surface area contributed by atoms with Crippen molar-refractivity contribution >= 4 is 46.8 Å². The molecule has 0 aliphatic carbocycles. The van der Waals surface area contributed by atoms with Crippen molar-refractivity contribution in [2.24, 2.45) is 0 Å². The monoisotopic (exact) mass is 432 g/mol. The van der Waals surface area contributed by atoms with Crippen molar-refractivity contribution in [1.29, 1.82) is 0 Å². The van der Waals surface area contributed by atoms with Crippen molar-refractivity contribution in [2.75, 3.05) is 30.5 Å². The van der Waals surface area contributed by atoms with Crippen LogP contribution in [0.5, 0.6) is 5.75 Å². The highest BCUT2D eigenvalue weighted by atomic mass is 35.5. The molecule has 152 valence electrons. The molecule has 2 aromatic carbocycles. The molecule has 0 radical (unpaired) electrons. The molecule has 0 saturated heterocycles. The SMILES string of the molecule is COc1cc(Cl)c(C)cc1NC(=O)CSCCCN1C(=O)c2ccccc2C1=O. The molecule has 29 heavy (non-hydrogen) atoms. The number of hydrogen-bond donors (Lipinski definition) is 1. The molecule has 1 heterocycles. The Morgan fingerprint density at radius 2 is 1.83 bits per heavy atom. The van der Waals surface area contributed by atoms with Crippen LogP contribution in [0.2, 0.25) is 5.02 Å². The summed E-state index contributed by atoms with van der Waals surface area (Å²) in [5.74, 6) is 0.752. The number of methoxy groups -OCH3 is 1. The molecule has 0 fully saturated rings. The van der Waals surface area contributed by atoms with Crippen LogP contribution >= 0.6 is 23.4 Å². The first-order valence-electron chi connectivity index (χ1n) is 9.09. The van der Waals surface area contributed by atoms with Gasteiger partial charge in [-0.1, -0.05) is 23.7 Å². The second-order valence-electron chi connectivity index (χ2n) is 6.56. The number of thioether (sulfide) groups is 1. The molecule has 2 aromatic rings. The van der Waals surface area contributed by atoms with Crippen LogP contribution in [-0.4, -0.2) is 47.8 Å². The Bertz CT molecular complexity index is 929. The van der Waals surface area contributed by atoms with Gasteiger partial charge in [-0.3, -0.25) is 19.3 Å². The lowest BCUT2D eigenvalue weighted by atomic mass is 10.1. The summed E-state index contributed by atoms with van der Waals surface area (Å²) >= 11 is 7.52. The van der Waals surface area contributed by atoms with E-state index in [0.29, 0.717) is 46.3 Å². The van der Waals surface area contributed by atoms with Gasteiger partial charge in [-0.05, 0) is 42.9 Å². The third-order valence-electron chi connectivity index (χ3n) is 4.54. The Morgan fingerprint density at radius 3 is 2.45 bits per heavy atom. The molecule has 0 bridgehead atoms. The minimum absolute atomic E-state index is 0.157. The Labute approximate surface area is 178 Å². The maximum Gasteiger partial charge on any atom is 0.261 e. The minimum Gasteiger partial charge on any atom is -0.495 e. The lowest BCUT2D eigenvalue weighted by Gasteiger charge is -2.14. The molecule has 8 heteroatoms. The molecule has 6 nitrogen and oxygen atoms in total. The van der Waals surface area contributed by atoms with Crippen LogP contribution in [0.1, 0.15) is 32.7 Å². The van der Waals surface area contributed by atoms with Gasteiger partial charge in [0.05, 0.1) is 29.7 Å². The fourth-order valence-electron chi connectivity index (χ4n) is 3.05. The van der Waals surface area contributed by atoms with Crippen LogP contribution < -0.4 is 10.1 Å². The Morgan fingerprint density at radius 1 is 1.17 bits per heavy atom. The molecular weight excluding hydrogens is 412 g/mol. The third-order valence-corrected chi connectivity index (χ3v) is 5.99. The minimum atomic E-state index is -0.251. The molecule has 0 atom stereocenters. The first-order chi connectivity index (χ1) is 13.9. The van der Waals surface area contributed by atoms with Crippen molar-refractivity contribution in [3.63, 3.8) is 0 Å². The molecule has 1 aliphatic rings. The van der Waals surface area contributed by atoms with Gasteiger partial charge in [0.1, 0.15) is 5.75 Å². The quantitative estimate of drug-likeness (QED) is 0.503. The van der Waals surface area contributed by atoms with Crippen LogP contribution in [0, 0.1) is 6.92 Å². The van der Waals surface area contributed by atoms with E-state index in [-0.39, 0.29) is 23.5 Å². The largest absolute Gasteiger partial charge is 0.495 e. The molecule has 0 spiro atoms. The van der Waals surface area contributed by atoms with Gasteiger partial charge >= 0.3 is 0 Å². The van der Waals surface area contributed by atoms with Crippen LogP contribution in [0.4, 0.5) is 5.69 Å². The zero-order chi connectivity index (χ0) is 21.0. The van der Waals surface area contributed by atoms with E-state index in [0.717, 1.165) is 5.56 Å². The van der Waals surface area contributed by atoms with Crippen LogP contribution in [0.15, 0.2) is 36.4 Å². The number of rotatable bonds is 8. The van der Waals surface area contributed by atoms with Gasteiger partial charge in [-0.25, -0.2) is 0 Å². The third kappa shape index (κ3) is 4.74. The van der Waals surface area contributed by atoms with Crippen LogP contribution in [-0.2, 0) is 4.79 Å². The number of carbonyl (C=O) groups is 3. The van der Waals surface area contributed by atoms with E-state index in [1.807, 2.05) is 6.92 Å². The molecule has 0 aromatic heterocycles. The zero-order valence-corrected chi connectivity index (χ0v) is 17.7. The van der Waals surface area contributed by atoms with E-state index in [1.165, 1.54) is 23.8 Å².